The molecule has 19 heavy (non-hydrogen) atoms. The van der Waals surface area contributed by atoms with Gasteiger partial charge in [-0.05, 0) is 36.7 Å². The minimum absolute atomic E-state index is 0.178. The smallest absolute Gasteiger partial charge is 0.123 e. The molecule has 5 heteroatoms. The molecule has 0 aliphatic rings. The second kappa shape index (κ2) is 8.85. The molecule has 108 valence electrons. The van der Waals surface area contributed by atoms with Crippen LogP contribution < -0.4 is 10.1 Å². The fourth-order valence-electron chi connectivity index (χ4n) is 1.62. The van der Waals surface area contributed by atoms with E-state index in [9.17, 15) is 9.50 Å². The van der Waals surface area contributed by atoms with E-state index in [0.29, 0.717) is 24.8 Å². The zero-order valence-electron chi connectivity index (χ0n) is 11.4. The van der Waals surface area contributed by atoms with Gasteiger partial charge in [0.1, 0.15) is 24.3 Å². The van der Waals surface area contributed by atoms with Crippen molar-refractivity contribution in [2.75, 3.05) is 33.4 Å². The summed E-state index contributed by atoms with van der Waals surface area (Å²) in [5.41, 5.74) is 0. The summed E-state index contributed by atoms with van der Waals surface area (Å²) in [6.45, 7) is 4.17. The van der Waals surface area contributed by atoms with Gasteiger partial charge in [0.15, 0.2) is 0 Å². The molecule has 4 nitrogen and oxygen atoms in total. The summed E-state index contributed by atoms with van der Waals surface area (Å²) >= 11 is 0. The predicted molar refractivity (Wildman–Crippen MR) is 71.8 cm³/mol. The van der Waals surface area contributed by atoms with Crippen LogP contribution in [0.5, 0.6) is 5.75 Å². The molecule has 0 aliphatic carbocycles. The van der Waals surface area contributed by atoms with Crippen molar-refractivity contribution in [2.45, 2.75) is 13.0 Å². The minimum atomic E-state index is -0.597. The monoisotopic (exact) mass is 271 g/mol. The molecule has 0 spiro atoms. The Hall–Kier alpha value is -1.17. The average molecular weight is 271 g/mol. The van der Waals surface area contributed by atoms with Crippen LogP contribution in [0.25, 0.3) is 0 Å². The summed E-state index contributed by atoms with van der Waals surface area (Å²) in [4.78, 5) is 0. The Kier molecular flexibility index (Phi) is 7.40. The third kappa shape index (κ3) is 7.10. The molecule has 0 aromatic heterocycles. The summed E-state index contributed by atoms with van der Waals surface area (Å²) in [5, 5.41) is 12.9. The highest BCUT2D eigenvalue weighted by Crippen LogP contribution is 2.11. The number of hydrogen-bond acceptors (Lipinski definition) is 4. The van der Waals surface area contributed by atoms with E-state index in [-0.39, 0.29) is 12.4 Å². The number of halogens is 1. The summed E-state index contributed by atoms with van der Waals surface area (Å²) in [5.74, 6) is 0.644. The molecule has 1 aromatic carbocycles. The van der Waals surface area contributed by atoms with Gasteiger partial charge in [0.2, 0.25) is 0 Å². The Morgan fingerprint density at radius 2 is 1.89 bits per heavy atom. The molecule has 1 rings (SSSR count). The minimum Gasteiger partial charge on any atom is -0.491 e. The number of rotatable bonds is 9. The average Bonchev–Trinajstić information content (AvgIpc) is 2.38. The van der Waals surface area contributed by atoms with Crippen LogP contribution in [0.2, 0.25) is 0 Å². The predicted octanol–water partition coefficient (Wildman–Crippen LogP) is 1.44. The largest absolute Gasteiger partial charge is 0.491 e. The number of methoxy groups -OCH3 is 1. The van der Waals surface area contributed by atoms with E-state index in [4.69, 9.17) is 9.47 Å². The normalized spacial score (nSPS) is 14.1. The van der Waals surface area contributed by atoms with Gasteiger partial charge in [-0.1, -0.05) is 6.92 Å². The zero-order valence-corrected chi connectivity index (χ0v) is 11.4. The Morgan fingerprint density at radius 3 is 2.53 bits per heavy atom. The van der Waals surface area contributed by atoms with Crippen LogP contribution in [-0.4, -0.2) is 44.6 Å². The van der Waals surface area contributed by atoms with Crippen molar-refractivity contribution in [3.05, 3.63) is 30.1 Å². The third-order valence-electron chi connectivity index (χ3n) is 2.58. The van der Waals surface area contributed by atoms with Gasteiger partial charge in [-0.3, -0.25) is 0 Å². The van der Waals surface area contributed by atoms with Gasteiger partial charge in [-0.15, -0.1) is 0 Å². The van der Waals surface area contributed by atoms with Crippen molar-refractivity contribution in [1.82, 2.24) is 5.32 Å². The van der Waals surface area contributed by atoms with E-state index in [1.165, 1.54) is 24.3 Å². The SMILES string of the molecule is COCC(C)CNCC(O)COc1ccc(F)cc1. The van der Waals surface area contributed by atoms with Gasteiger partial charge < -0.3 is 19.9 Å². The Balaban J connectivity index is 2.14. The molecule has 0 aliphatic heterocycles. The highest BCUT2D eigenvalue weighted by molar-refractivity contribution is 5.22. The van der Waals surface area contributed by atoms with Gasteiger partial charge in [0, 0.05) is 20.3 Å². The van der Waals surface area contributed by atoms with Crippen molar-refractivity contribution >= 4 is 0 Å². The third-order valence-corrected chi connectivity index (χ3v) is 2.58. The maximum absolute atomic E-state index is 12.7. The van der Waals surface area contributed by atoms with Crippen LogP contribution >= 0.6 is 0 Å². The lowest BCUT2D eigenvalue weighted by atomic mass is 10.2. The maximum atomic E-state index is 12.7. The van der Waals surface area contributed by atoms with Crippen LogP contribution in [0.4, 0.5) is 4.39 Å². The van der Waals surface area contributed by atoms with Crippen molar-refractivity contribution in [2.24, 2.45) is 5.92 Å². The van der Waals surface area contributed by atoms with Gasteiger partial charge in [0.25, 0.3) is 0 Å². The number of aliphatic hydroxyl groups is 1. The number of benzene rings is 1. The summed E-state index contributed by atoms with van der Waals surface area (Å²) in [6.07, 6.45) is -0.597. The molecule has 0 fully saturated rings. The standard InChI is InChI=1S/C14H22FNO3/c1-11(9-18-2)7-16-8-13(17)10-19-14-5-3-12(15)4-6-14/h3-6,11,13,16-17H,7-10H2,1-2H3. The van der Waals surface area contributed by atoms with Gasteiger partial charge in [-0.2, -0.15) is 0 Å². The van der Waals surface area contributed by atoms with Crippen molar-refractivity contribution < 1.29 is 19.0 Å². The van der Waals surface area contributed by atoms with Gasteiger partial charge >= 0.3 is 0 Å². The zero-order chi connectivity index (χ0) is 14.1. The van der Waals surface area contributed by atoms with Gasteiger partial charge in [0.05, 0.1) is 0 Å². The van der Waals surface area contributed by atoms with E-state index in [2.05, 4.69) is 12.2 Å². The Labute approximate surface area is 113 Å². The van der Waals surface area contributed by atoms with E-state index in [1.54, 1.807) is 7.11 Å². The molecule has 0 saturated heterocycles. The summed E-state index contributed by atoms with van der Waals surface area (Å²) < 4.78 is 23.0. The van der Waals surface area contributed by atoms with Gasteiger partial charge in [-0.25, -0.2) is 4.39 Å². The number of ether oxygens (including phenoxy) is 2. The summed E-state index contributed by atoms with van der Waals surface area (Å²) in [7, 11) is 1.67. The number of nitrogens with one attached hydrogen (secondary N) is 1. The fourth-order valence-corrected chi connectivity index (χ4v) is 1.62. The first-order chi connectivity index (χ1) is 9.11. The van der Waals surface area contributed by atoms with E-state index in [0.717, 1.165) is 6.54 Å². The molecule has 1 aromatic rings. The highest BCUT2D eigenvalue weighted by atomic mass is 19.1. The van der Waals surface area contributed by atoms with E-state index in [1.807, 2.05) is 0 Å². The Bertz CT molecular complexity index is 345. The van der Waals surface area contributed by atoms with Crippen molar-refractivity contribution in [1.29, 1.82) is 0 Å². The Morgan fingerprint density at radius 1 is 1.21 bits per heavy atom. The lowest BCUT2D eigenvalue weighted by Gasteiger charge is -2.15. The van der Waals surface area contributed by atoms with Crippen LogP contribution in [0.15, 0.2) is 24.3 Å². The van der Waals surface area contributed by atoms with Crippen molar-refractivity contribution in [3.63, 3.8) is 0 Å². The molecule has 2 unspecified atom stereocenters. The quantitative estimate of drug-likeness (QED) is 0.713. The summed E-state index contributed by atoms with van der Waals surface area (Å²) in [6, 6.07) is 5.73. The maximum Gasteiger partial charge on any atom is 0.123 e. The molecular weight excluding hydrogens is 249 g/mol. The molecule has 2 atom stereocenters. The topological polar surface area (TPSA) is 50.7 Å². The first-order valence-corrected chi connectivity index (χ1v) is 6.38. The first-order valence-electron chi connectivity index (χ1n) is 6.38. The molecule has 2 N–H and O–H groups in total. The number of hydrogen-bond donors (Lipinski definition) is 2. The van der Waals surface area contributed by atoms with E-state index < -0.39 is 6.10 Å². The molecular formula is C14H22FNO3. The van der Waals surface area contributed by atoms with Crippen molar-refractivity contribution in [3.8, 4) is 5.75 Å². The molecule has 0 radical (unpaired) electrons. The number of aliphatic hydroxyl groups excluding tert-OH is 1. The second-order valence-corrected chi connectivity index (χ2v) is 4.64. The second-order valence-electron chi connectivity index (χ2n) is 4.64. The first kappa shape index (κ1) is 15.9. The molecule has 0 bridgehead atoms. The molecule has 0 amide bonds. The van der Waals surface area contributed by atoms with E-state index >= 15 is 0 Å². The highest BCUT2D eigenvalue weighted by Gasteiger charge is 2.07. The van der Waals surface area contributed by atoms with Crippen LogP contribution in [0, 0.1) is 11.7 Å². The van der Waals surface area contributed by atoms with Crippen LogP contribution in [0.3, 0.4) is 0 Å². The fraction of sp³-hybridized carbons (Fsp3) is 0.571. The van der Waals surface area contributed by atoms with Crippen LogP contribution in [-0.2, 0) is 4.74 Å². The lowest BCUT2D eigenvalue weighted by molar-refractivity contribution is 0.102. The molecule has 0 heterocycles. The van der Waals surface area contributed by atoms with Crippen LogP contribution in [0.1, 0.15) is 6.92 Å². The lowest BCUT2D eigenvalue weighted by Crippen LogP contribution is -2.34. The molecule has 0 saturated carbocycles.